The second-order valence-corrected chi connectivity index (χ2v) is 8.08. The zero-order chi connectivity index (χ0) is 19.6. The van der Waals surface area contributed by atoms with E-state index in [1.54, 1.807) is 0 Å². The van der Waals surface area contributed by atoms with Crippen LogP contribution in [0.5, 0.6) is 0 Å². The zero-order valence-electron chi connectivity index (χ0n) is 17.2. The minimum atomic E-state index is -0.330. The summed E-state index contributed by atoms with van der Waals surface area (Å²) < 4.78 is 2.31. The molecule has 0 aliphatic carbocycles. The predicted molar refractivity (Wildman–Crippen MR) is 113 cm³/mol. The molecule has 2 N–H and O–H groups in total. The van der Waals surface area contributed by atoms with Crippen LogP contribution in [-0.4, -0.2) is 23.6 Å². The number of benzene rings is 1. The molecule has 4 nitrogen and oxygen atoms in total. The first kappa shape index (κ1) is 19.5. The van der Waals surface area contributed by atoms with Crippen LogP contribution < -0.4 is 10.6 Å². The van der Waals surface area contributed by atoms with Gasteiger partial charge in [0.25, 0.3) is 5.91 Å². The molecule has 1 saturated heterocycles. The molecule has 1 fully saturated rings. The Morgan fingerprint density at radius 2 is 1.78 bits per heavy atom. The van der Waals surface area contributed by atoms with Gasteiger partial charge < -0.3 is 15.2 Å². The molecular weight excluding hydrogens is 334 g/mol. The Morgan fingerprint density at radius 1 is 1.15 bits per heavy atom. The lowest BCUT2D eigenvalue weighted by Crippen LogP contribution is -2.17. The lowest BCUT2D eigenvalue weighted by molar-refractivity contribution is 0.1000. The molecule has 2 aromatic rings. The van der Waals surface area contributed by atoms with Crippen LogP contribution in [0.4, 0.5) is 5.69 Å². The van der Waals surface area contributed by atoms with Crippen LogP contribution in [0.25, 0.3) is 11.1 Å². The van der Waals surface area contributed by atoms with Gasteiger partial charge in [-0.3, -0.25) is 4.79 Å². The number of primary amides is 1. The molecule has 2 heterocycles. The number of carbonyl (C=O) groups is 1. The van der Waals surface area contributed by atoms with Gasteiger partial charge in [-0.05, 0) is 56.2 Å². The summed E-state index contributed by atoms with van der Waals surface area (Å²) in [4.78, 5) is 14.7. The molecule has 0 spiro atoms. The summed E-state index contributed by atoms with van der Waals surface area (Å²) in [6, 6.07) is 8.68. The molecule has 0 saturated carbocycles. The van der Waals surface area contributed by atoms with Gasteiger partial charge in [0, 0.05) is 42.3 Å². The molecule has 1 aliphatic heterocycles. The first-order valence-electron chi connectivity index (χ1n) is 10.3. The van der Waals surface area contributed by atoms with Crippen LogP contribution in [0, 0.1) is 12.8 Å². The third-order valence-electron chi connectivity index (χ3n) is 5.77. The summed E-state index contributed by atoms with van der Waals surface area (Å²) in [5.74, 6) is 0.292. The van der Waals surface area contributed by atoms with Crippen molar-refractivity contribution in [3.05, 3.63) is 41.2 Å². The lowest BCUT2D eigenvalue weighted by Gasteiger charge is -2.18. The van der Waals surface area contributed by atoms with Crippen LogP contribution in [-0.2, 0) is 13.0 Å². The predicted octanol–water partition coefficient (Wildman–Crippen LogP) is 4.77. The number of anilines is 1. The highest BCUT2D eigenvalue weighted by molar-refractivity contribution is 6.02. The Bertz CT molecular complexity index is 796. The van der Waals surface area contributed by atoms with Gasteiger partial charge in [0.2, 0.25) is 0 Å². The van der Waals surface area contributed by atoms with E-state index < -0.39 is 0 Å². The normalized spacial score (nSPS) is 14.3. The van der Waals surface area contributed by atoms with Gasteiger partial charge in [-0.1, -0.05) is 32.9 Å². The summed E-state index contributed by atoms with van der Waals surface area (Å²) in [6.07, 6.45) is 4.51. The fourth-order valence-corrected chi connectivity index (χ4v) is 4.28. The fraction of sp³-hybridized carbons (Fsp3) is 0.522. The first-order chi connectivity index (χ1) is 12.9. The van der Waals surface area contributed by atoms with Gasteiger partial charge in [-0.15, -0.1) is 0 Å². The molecule has 4 heteroatoms. The van der Waals surface area contributed by atoms with Crippen molar-refractivity contribution in [2.45, 2.75) is 59.9 Å². The summed E-state index contributed by atoms with van der Waals surface area (Å²) in [5, 5.41) is 0. The van der Waals surface area contributed by atoms with Crippen molar-refractivity contribution in [3.63, 3.8) is 0 Å². The van der Waals surface area contributed by atoms with Gasteiger partial charge in [0.15, 0.2) is 0 Å². The molecule has 1 amide bonds. The summed E-state index contributed by atoms with van der Waals surface area (Å²) in [6.45, 7) is 11.9. The molecular formula is C23H33N3O. The third kappa shape index (κ3) is 3.90. The molecule has 1 aromatic carbocycles. The molecule has 0 radical (unpaired) electrons. The summed E-state index contributed by atoms with van der Waals surface area (Å²) in [5.41, 5.74) is 12.1. The maximum Gasteiger partial charge on any atom is 0.251 e. The quantitative estimate of drug-likeness (QED) is 0.766. The standard InChI is InChI=1S/C23H33N3O/c1-5-20-22(18-8-10-19(11-9-18)25-13-6-7-14-25)21(23(24)27)17(4)26(20)15-12-16(2)3/h8-11,16H,5-7,12-15H2,1-4H3,(H2,24,27). The number of carbonyl (C=O) groups excluding carboxylic acids is 1. The monoisotopic (exact) mass is 367 g/mol. The van der Waals surface area contributed by atoms with E-state index in [2.05, 4.69) is 54.5 Å². The smallest absolute Gasteiger partial charge is 0.251 e. The van der Waals surface area contributed by atoms with E-state index in [1.807, 2.05) is 6.92 Å². The van der Waals surface area contributed by atoms with Crippen LogP contribution in [0.3, 0.4) is 0 Å². The largest absolute Gasteiger partial charge is 0.372 e. The Labute approximate surface area is 163 Å². The van der Waals surface area contributed by atoms with E-state index in [0.717, 1.165) is 49.3 Å². The maximum absolute atomic E-state index is 12.3. The van der Waals surface area contributed by atoms with Crippen LogP contribution >= 0.6 is 0 Å². The molecule has 1 aliphatic rings. The number of nitrogens with two attached hydrogens (primary N) is 1. The van der Waals surface area contributed by atoms with Gasteiger partial charge in [-0.2, -0.15) is 0 Å². The molecule has 1 aromatic heterocycles. The van der Waals surface area contributed by atoms with Crippen LogP contribution in [0.15, 0.2) is 24.3 Å². The average molecular weight is 368 g/mol. The van der Waals surface area contributed by atoms with Crippen molar-refractivity contribution in [3.8, 4) is 11.1 Å². The van der Waals surface area contributed by atoms with Crippen molar-refractivity contribution in [1.29, 1.82) is 0 Å². The molecule has 0 bridgehead atoms. The van der Waals surface area contributed by atoms with Gasteiger partial charge in [-0.25, -0.2) is 0 Å². The number of hydrogen-bond acceptors (Lipinski definition) is 2. The average Bonchev–Trinajstić information content (AvgIpc) is 3.26. The summed E-state index contributed by atoms with van der Waals surface area (Å²) >= 11 is 0. The number of rotatable bonds is 7. The Hall–Kier alpha value is -2.23. The first-order valence-corrected chi connectivity index (χ1v) is 10.3. The molecule has 27 heavy (non-hydrogen) atoms. The van der Waals surface area contributed by atoms with E-state index in [4.69, 9.17) is 5.73 Å². The van der Waals surface area contributed by atoms with Gasteiger partial charge in [0.1, 0.15) is 0 Å². The van der Waals surface area contributed by atoms with E-state index in [1.165, 1.54) is 24.2 Å². The lowest BCUT2D eigenvalue weighted by atomic mass is 9.98. The topological polar surface area (TPSA) is 51.3 Å². The highest BCUT2D eigenvalue weighted by Crippen LogP contribution is 2.35. The number of hydrogen-bond donors (Lipinski definition) is 1. The molecule has 3 rings (SSSR count). The highest BCUT2D eigenvalue weighted by atomic mass is 16.1. The van der Waals surface area contributed by atoms with Crippen molar-refractivity contribution in [1.82, 2.24) is 4.57 Å². The summed E-state index contributed by atoms with van der Waals surface area (Å²) in [7, 11) is 0. The van der Waals surface area contributed by atoms with Crippen molar-refractivity contribution < 1.29 is 4.79 Å². The van der Waals surface area contributed by atoms with E-state index in [-0.39, 0.29) is 5.91 Å². The van der Waals surface area contributed by atoms with Crippen molar-refractivity contribution in [2.24, 2.45) is 11.7 Å². The van der Waals surface area contributed by atoms with E-state index >= 15 is 0 Å². The number of amides is 1. The Balaban J connectivity index is 2.04. The second kappa shape index (κ2) is 8.20. The molecule has 0 atom stereocenters. The molecule has 146 valence electrons. The Morgan fingerprint density at radius 3 is 2.30 bits per heavy atom. The minimum absolute atomic E-state index is 0.330. The van der Waals surface area contributed by atoms with Crippen molar-refractivity contribution in [2.75, 3.05) is 18.0 Å². The third-order valence-corrected chi connectivity index (χ3v) is 5.77. The van der Waals surface area contributed by atoms with Crippen LogP contribution in [0.1, 0.15) is 61.8 Å². The minimum Gasteiger partial charge on any atom is -0.372 e. The second-order valence-electron chi connectivity index (χ2n) is 8.08. The van der Waals surface area contributed by atoms with Gasteiger partial charge in [0.05, 0.1) is 5.56 Å². The maximum atomic E-state index is 12.3. The van der Waals surface area contributed by atoms with Gasteiger partial charge >= 0.3 is 0 Å². The highest BCUT2D eigenvalue weighted by Gasteiger charge is 2.24. The SMILES string of the molecule is CCc1c(-c2ccc(N3CCCC3)cc2)c(C(N)=O)c(C)n1CCC(C)C. The van der Waals surface area contributed by atoms with Crippen molar-refractivity contribution >= 4 is 11.6 Å². The fourth-order valence-electron chi connectivity index (χ4n) is 4.28. The van der Waals surface area contributed by atoms with E-state index in [9.17, 15) is 4.79 Å². The van der Waals surface area contributed by atoms with Crippen LogP contribution in [0.2, 0.25) is 0 Å². The zero-order valence-corrected chi connectivity index (χ0v) is 17.2. The number of aromatic nitrogens is 1. The Kier molecular flexibility index (Phi) is 5.93. The van der Waals surface area contributed by atoms with E-state index in [0.29, 0.717) is 11.5 Å². The molecule has 0 unspecified atom stereocenters. The number of nitrogens with zero attached hydrogens (tertiary/aromatic N) is 2.